The van der Waals surface area contributed by atoms with Crippen molar-refractivity contribution in [2.24, 2.45) is 0 Å². The minimum Gasteiger partial charge on any atom is -0.497 e. The minimum absolute atomic E-state index is 0.185. The second-order valence-electron chi connectivity index (χ2n) is 9.53. The van der Waals surface area contributed by atoms with E-state index in [2.05, 4.69) is 16.0 Å². The Kier molecular flexibility index (Phi) is 6.59. The molecule has 8 heteroatoms. The van der Waals surface area contributed by atoms with Gasteiger partial charge in [-0.25, -0.2) is 9.48 Å². The van der Waals surface area contributed by atoms with E-state index in [0.717, 1.165) is 45.3 Å². The number of carbonyl (C=O) groups excluding carboxylic acids is 1. The number of halogens is 1. The number of nitrogens with zero attached hydrogens (tertiary/aromatic N) is 4. The Balaban J connectivity index is 1.46. The summed E-state index contributed by atoms with van der Waals surface area (Å²) >= 11 is 6.45. The van der Waals surface area contributed by atoms with Crippen molar-refractivity contribution in [2.45, 2.75) is 26.1 Å². The van der Waals surface area contributed by atoms with Crippen LogP contribution in [0.3, 0.4) is 0 Å². The van der Waals surface area contributed by atoms with E-state index in [1.807, 2.05) is 108 Å². The van der Waals surface area contributed by atoms with Gasteiger partial charge in [0.1, 0.15) is 11.6 Å². The SMILES string of the molecule is COc1cccc(CNC(=O)N2Cc3c(C)nn(-c4ccccc4)c3-n3cccc3[C@@H]2c2cccc(Cl)c2)c1. The molecule has 2 aromatic heterocycles. The first-order valence-corrected chi connectivity index (χ1v) is 13.2. The third-order valence-electron chi connectivity index (χ3n) is 7.09. The Morgan fingerprint density at radius 3 is 2.64 bits per heavy atom. The average molecular weight is 538 g/mol. The van der Waals surface area contributed by atoms with Gasteiger partial charge in [0.2, 0.25) is 0 Å². The Morgan fingerprint density at radius 1 is 1.03 bits per heavy atom. The highest BCUT2D eigenvalue weighted by Crippen LogP contribution is 2.39. The number of hydrogen-bond acceptors (Lipinski definition) is 3. The van der Waals surface area contributed by atoms with E-state index in [9.17, 15) is 4.79 Å². The van der Waals surface area contributed by atoms with Gasteiger partial charge in [0, 0.05) is 23.3 Å². The van der Waals surface area contributed by atoms with Crippen LogP contribution < -0.4 is 10.1 Å². The van der Waals surface area contributed by atoms with Crippen LogP contribution in [-0.4, -0.2) is 32.4 Å². The number of amides is 2. The number of aromatic nitrogens is 3. The van der Waals surface area contributed by atoms with Crippen LogP contribution >= 0.6 is 11.6 Å². The number of fused-ring (bicyclic) bond motifs is 3. The molecule has 39 heavy (non-hydrogen) atoms. The lowest BCUT2D eigenvalue weighted by Gasteiger charge is -2.31. The molecule has 0 aliphatic carbocycles. The number of methoxy groups -OCH3 is 1. The molecule has 5 aromatic rings. The highest BCUT2D eigenvalue weighted by atomic mass is 35.5. The minimum atomic E-state index is -0.375. The molecule has 7 nitrogen and oxygen atoms in total. The quantitative estimate of drug-likeness (QED) is 0.280. The van der Waals surface area contributed by atoms with Crippen molar-refractivity contribution in [1.29, 1.82) is 0 Å². The molecule has 2 amide bonds. The van der Waals surface area contributed by atoms with Crippen molar-refractivity contribution in [3.05, 3.63) is 130 Å². The van der Waals surface area contributed by atoms with Crippen molar-refractivity contribution in [3.8, 4) is 17.3 Å². The number of hydrogen-bond donors (Lipinski definition) is 1. The summed E-state index contributed by atoms with van der Waals surface area (Å²) in [5.41, 5.74) is 5.64. The van der Waals surface area contributed by atoms with Gasteiger partial charge in [-0.15, -0.1) is 0 Å². The number of carbonyl (C=O) groups is 1. The highest BCUT2D eigenvalue weighted by Gasteiger charge is 2.36. The van der Waals surface area contributed by atoms with Crippen molar-refractivity contribution < 1.29 is 9.53 Å². The summed E-state index contributed by atoms with van der Waals surface area (Å²) in [5.74, 6) is 1.67. The summed E-state index contributed by atoms with van der Waals surface area (Å²) in [6.45, 7) is 2.73. The molecule has 196 valence electrons. The molecule has 1 N–H and O–H groups in total. The number of nitrogens with one attached hydrogen (secondary N) is 1. The normalized spacial score (nSPS) is 14.3. The van der Waals surface area contributed by atoms with Gasteiger partial charge in [0.15, 0.2) is 0 Å². The molecule has 1 aliphatic rings. The molecule has 0 saturated carbocycles. The number of aryl methyl sites for hydroxylation is 1. The van der Waals surface area contributed by atoms with E-state index >= 15 is 0 Å². The molecule has 0 radical (unpaired) electrons. The van der Waals surface area contributed by atoms with E-state index in [4.69, 9.17) is 21.4 Å². The zero-order valence-corrected chi connectivity index (χ0v) is 22.5. The van der Waals surface area contributed by atoms with Gasteiger partial charge in [-0.2, -0.15) is 5.10 Å². The van der Waals surface area contributed by atoms with Gasteiger partial charge in [-0.3, -0.25) is 0 Å². The number of para-hydroxylation sites is 1. The van der Waals surface area contributed by atoms with Gasteiger partial charge >= 0.3 is 6.03 Å². The molecule has 1 atom stereocenters. The van der Waals surface area contributed by atoms with Crippen molar-refractivity contribution >= 4 is 17.6 Å². The Morgan fingerprint density at radius 2 is 1.85 bits per heavy atom. The van der Waals surface area contributed by atoms with Crippen LogP contribution in [0.25, 0.3) is 11.5 Å². The van der Waals surface area contributed by atoms with Crippen LogP contribution in [0.1, 0.15) is 34.1 Å². The lowest BCUT2D eigenvalue weighted by Crippen LogP contribution is -2.41. The first kappa shape index (κ1) is 24.8. The van der Waals surface area contributed by atoms with Crippen LogP contribution in [0, 0.1) is 6.92 Å². The maximum absolute atomic E-state index is 14.0. The van der Waals surface area contributed by atoms with Gasteiger partial charge < -0.3 is 19.5 Å². The number of rotatable bonds is 5. The van der Waals surface area contributed by atoms with E-state index in [1.165, 1.54) is 0 Å². The summed E-state index contributed by atoms with van der Waals surface area (Å²) in [6, 6.07) is 29.0. The maximum atomic E-state index is 14.0. The predicted molar refractivity (Wildman–Crippen MR) is 152 cm³/mol. The fourth-order valence-electron chi connectivity index (χ4n) is 5.24. The van der Waals surface area contributed by atoms with Crippen LogP contribution in [0.2, 0.25) is 5.02 Å². The molecule has 0 unspecified atom stereocenters. The summed E-state index contributed by atoms with van der Waals surface area (Å²) in [5, 5.41) is 8.66. The van der Waals surface area contributed by atoms with E-state index < -0.39 is 0 Å². The van der Waals surface area contributed by atoms with E-state index in [0.29, 0.717) is 18.1 Å². The second kappa shape index (κ2) is 10.3. The molecule has 1 aliphatic heterocycles. The summed E-state index contributed by atoms with van der Waals surface area (Å²) in [4.78, 5) is 15.9. The third-order valence-corrected chi connectivity index (χ3v) is 7.33. The molecule has 0 saturated heterocycles. The maximum Gasteiger partial charge on any atom is 0.318 e. The number of urea groups is 1. The van der Waals surface area contributed by atoms with Gasteiger partial charge in [-0.05, 0) is 66.6 Å². The van der Waals surface area contributed by atoms with E-state index in [-0.39, 0.29) is 12.1 Å². The van der Waals surface area contributed by atoms with Crippen LogP contribution in [0.5, 0.6) is 5.75 Å². The summed E-state index contributed by atoms with van der Waals surface area (Å²) in [7, 11) is 1.63. The number of ether oxygens (including phenoxy) is 1. The van der Waals surface area contributed by atoms with Crippen LogP contribution in [-0.2, 0) is 13.1 Å². The molecule has 3 aromatic carbocycles. The number of benzene rings is 3. The second-order valence-corrected chi connectivity index (χ2v) is 9.97. The predicted octanol–water partition coefficient (Wildman–Crippen LogP) is 6.45. The molecule has 6 rings (SSSR count). The lowest BCUT2D eigenvalue weighted by molar-refractivity contribution is 0.180. The fraction of sp³-hybridized carbons (Fsp3) is 0.161. The van der Waals surface area contributed by atoms with Gasteiger partial charge in [0.05, 0.1) is 36.8 Å². The zero-order valence-electron chi connectivity index (χ0n) is 21.7. The first-order chi connectivity index (χ1) is 19.0. The van der Waals surface area contributed by atoms with E-state index in [1.54, 1.807) is 7.11 Å². The Hall–Kier alpha value is -4.49. The smallest absolute Gasteiger partial charge is 0.318 e. The lowest BCUT2D eigenvalue weighted by atomic mass is 10.0. The monoisotopic (exact) mass is 537 g/mol. The van der Waals surface area contributed by atoms with Gasteiger partial charge in [-0.1, -0.05) is 54.1 Å². The third kappa shape index (κ3) is 4.66. The first-order valence-electron chi connectivity index (χ1n) is 12.8. The average Bonchev–Trinajstić information content (AvgIpc) is 3.52. The van der Waals surface area contributed by atoms with Crippen molar-refractivity contribution in [3.63, 3.8) is 0 Å². The Bertz CT molecular complexity index is 1640. The molecular formula is C31H28ClN5O2. The standard InChI is InChI=1S/C31H28ClN5O2/c1-21-27-20-36(31(38)33-19-22-9-6-14-26(17-22)39-2)29(23-10-7-11-24(32)18-23)28-15-8-16-35(28)30(27)37(34-21)25-12-4-3-5-13-25/h3-18,29H,19-20H2,1-2H3,(H,33,38)/t29-/m0/s1. The fourth-order valence-corrected chi connectivity index (χ4v) is 5.44. The Labute approximate surface area is 232 Å². The van der Waals surface area contributed by atoms with Crippen LogP contribution in [0.15, 0.2) is 97.2 Å². The summed E-state index contributed by atoms with van der Waals surface area (Å²) < 4.78 is 9.46. The molecule has 0 spiro atoms. The molecule has 0 bridgehead atoms. The van der Waals surface area contributed by atoms with Crippen molar-refractivity contribution in [1.82, 2.24) is 24.6 Å². The van der Waals surface area contributed by atoms with Crippen molar-refractivity contribution in [2.75, 3.05) is 7.11 Å². The van der Waals surface area contributed by atoms with Gasteiger partial charge in [0.25, 0.3) is 0 Å². The highest BCUT2D eigenvalue weighted by molar-refractivity contribution is 6.30. The molecule has 0 fully saturated rings. The molecular weight excluding hydrogens is 510 g/mol. The van der Waals surface area contributed by atoms with Crippen LogP contribution in [0.4, 0.5) is 4.79 Å². The topological polar surface area (TPSA) is 64.3 Å². The summed E-state index contributed by atoms with van der Waals surface area (Å²) in [6.07, 6.45) is 2.03. The molecule has 3 heterocycles. The zero-order chi connectivity index (χ0) is 26.9. The largest absolute Gasteiger partial charge is 0.497 e.